The summed E-state index contributed by atoms with van der Waals surface area (Å²) in [7, 11) is 2.16. The summed E-state index contributed by atoms with van der Waals surface area (Å²) in [5.74, 6) is 0.359. The van der Waals surface area contributed by atoms with Crippen LogP contribution in [0, 0.1) is 5.92 Å². The lowest BCUT2D eigenvalue weighted by Gasteiger charge is -2.28. The van der Waals surface area contributed by atoms with Crippen LogP contribution in [-0.2, 0) is 4.74 Å². The van der Waals surface area contributed by atoms with Crippen molar-refractivity contribution in [2.24, 2.45) is 5.92 Å². The third-order valence-corrected chi connectivity index (χ3v) is 4.17. The summed E-state index contributed by atoms with van der Waals surface area (Å²) < 4.78 is 4.92. The van der Waals surface area contributed by atoms with Crippen molar-refractivity contribution in [1.29, 1.82) is 0 Å². The third-order valence-electron chi connectivity index (χ3n) is 3.37. The molecule has 0 radical (unpaired) electrons. The zero-order chi connectivity index (χ0) is 13.7. The zero-order valence-corrected chi connectivity index (χ0v) is 12.3. The fourth-order valence-electron chi connectivity index (χ4n) is 2.15. The number of nitrogens with zero attached hydrogens (tertiary/aromatic N) is 2. The number of carbonyl (C=O) groups excluding carboxylic acids is 1. The molecule has 0 atom stereocenters. The highest BCUT2D eigenvalue weighted by atomic mass is 32.1. The molecule has 0 amide bonds. The number of rotatable bonds is 5. The summed E-state index contributed by atoms with van der Waals surface area (Å²) in [4.78, 5) is 18.1. The fourth-order valence-corrected chi connectivity index (χ4v) is 2.84. The van der Waals surface area contributed by atoms with Gasteiger partial charge in [-0.3, -0.25) is 0 Å². The van der Waals surface area contributed by atoms with Crippen LogP contribution >= 0.6 is 11.3 Å². The van der Waals surface area contributed by atoms with E-state index in [4.69, 9.17) is 4.74 Å². The third kappa shape index (κ3) is 4.18. The van der Waals surface area contributed by atoms with Gasteiger partial charge < -0.3 is 15.0 Å². The van der Waals surface area contributed by atoms with Crippen molar-refractivity contribution in [3.63, 3.8) is 0 Å². The highest BCUT2D eigenvalue weighted by Crippen LogP contribution is 2.20. The van der Waals surface area contributed by atoms with Crippen molar-refractivity contribution < 1.29 is 9.53 Å². The molecule has 2 heterocycles. The van der Waals surface area contributed by atoms with E-state index in [1.807, 2.05) is 0 Å². The average molecular weight is 283 g/mol. The van der Waals surface area contributed by atoms with E-state index in [1.165, 1.54) is 24.2 Å². The molecule has 0 saturated carbocycles. The molecule has 0 aliphatic carbocycles. The Labute approximate surface area is 118 Å². The first-order valence-electron chi connectivity index (χ1n) is 6.74. The van der Waals surface area contributed by atoms with Gasteiger partial charge in [-0.05, 0) is 45.8 Å². The number of likely N-dealkylation sites (tertiary alicyclic amines) is 1. The molecule has 5 nitrogen and oxygen atoms in total. The highest BCUT2D eigenvalue weighted by molar-refractivity contribution is 7.13. The van der Waals surface area contributed by atoms with E-state index in [-0.39, 0.29) is 5.97 Å². The molecule has 106 valence electrons. The predicted molar refractivity (Wildman–Crippen MR) is 76.8 cm³/mol. The van der Waals surface area contributed by atoms with Crippen molar-refractivity contribution in [3.8, 4) is 0 Å². The van der Waals surface area contributed by atoms with Crippen LogP contribution in [0.15, 0.2) is 5.38 Å². The van der Waals surface area contributed by atoms with Crippen LogP contribution in [0.2, 0.25) is 0 Å². The molecule has 1 saturated heterocycles. The summed E-state index contributed by atoms with van der Waals surface area (Å²) in [6.07, 6.45) is 2.44. The van der Waals surface area contributed by atoms with E-state index in [9.17, 15) is 4.79 Å². The molecule has 1 aliphatic rings. The van der Waals surface area contributed by atoms with E-state index in [1.54, 1.807) is 12.3 Å². The smallest absolute Gasteiger partial charge is 0.357 e. The largest absolute Gasteiger partial charge is 0.461 e. The minimum Gasteiger partial charge on any atom is -0.461 e. The van der Waals surface area contributed by atoms with E-state index in [0.717, 1.165) is 24.8 Å². The van der Waals surface area contributed by atoms with Crippen molar-refractivity contribution in [3.05, 3.63) is 11.1 Å². The maximum absolute atomic E-state index is 11.5. The normalized spacial score (nSPS) is 17.4. The van der Waals surface area contributed by atoms with Gasteiger partial charge in [-0.1, -0.05) is 0 Å². The summed E-state index contributed by atoms with van der Waals surface area (Å²) >= 11 is 1.46. The molecule has 1 N–H and O–H groups in total. The number of thiazole rings is 1. The van der Waals surface area contributed by atoms with Gasteiger partial charge in [0.2, 0.25) is 0 Å². The van der Waals surface area contributed by atoms with Crippen LogP contribution in [0.25, 0.3) is 0 Å². The molecule has 1 aliphatic heterocycles. The van der Waals surface area contributed by atoms with Crippen LogP contribution in [0.5, 0.6) is 0 Å². The Hall–Kier alpha value is -1.14. The number of nitrogens with one attached hydrogen (secondary N) is 1. The zero-order valence-electron chi connectivity index (χ0n) is 11.5. The second kappa shape index (κ2) is 6.86. The van der Waals surface area contributed by atoms with Crippen molar-refractivity contribution >= 4 is 22.4 Å². The van der Waals surface area contributed by atoms with Gasteiger partial charge in [0.25, 0.3) is 0 Å². The summed E-state index contributed by atoms with van der Waals surface area (Å²) in [5, 5.41) is 5.88. The molecule has 2 rings (SSSR count). The van der Waals surface area contributed by atoms with Gasteiger partial charge in [0.15, 0.2) is 10.8 Å². The lowest BCUT2D eigenvalue weighted by atomic mass is 9.97. The Morgan fingerprint density at radius 2 is 2.32 bits per heavy atom. The quantitative estimate of drug-likeness (QED) is 0.838. The van der Waals surface area contributed by atoms with Crippen molar-refractivity contribution in [1.82, 2.24) is 9.88 Å². The van der Waals surface area contributed by atoms with E-state index in [2.05, 4.69) is 22.2 Å². The Bertz CT molecular complexity index is 414. The van der Waals surface area contributed by atoms with Crippen LogP contribution in [-0.4, -0.2) is 49.1 Å². The molecule has 0 spiro atoms. The topological polar surface area (TPSA) is 54.5 Å². The first kappa shape index (κ1) is 14.3. The molecule has 1 aromatic heterocycles. The second-order valence-electron chi connectivity index (χ2n) is 4.89. The molecule has 1 aromatic rings. The van der Waals surface area contributed by atoms with Gasteiger partial charge >= 0.3 is 5.97 Å². The van der Waals surface area contributed by atoms with Crippen molar-refractivity contribution in [2.75, 3.05) is 38.6 Å². The Morgan fingerprint density at radius 1 is 1.58 bits per heavy atom. The minimum absolute atomic E-state index is 0.342. The maximum atomic E-state index is 11.5. The molecular formula is C13H21N3O2S. The average Bonchev–Trinajstić information content (AvgIpc) is 2.87. The summed E-state index contributed by atoms with van der Waals surface area (Å²) in [6.45, 7) is 5.44. The summed E-state index contributed by atoms with van der Waals surface area (Å²) in [6, 6.07) is 0. The summed E-state index contributed by atoms with van der Waals surface area (Å²) in [5.41, 5.74) is 0.401. The van der Waals surface area contributed by atoms with Gasteiger partial charge in [-0.2, -0.15) is 0 Å². The van der Waals surface area contributed by atoms with Gasteiger partial charge in [0.05, 0.1) is 6.61 Å². The monoisotopic (exact) mass is 283 g/mol. The Morgan fingerprint density at radius 3 is 3.00 bits per heavy atom. The van der Waals surface area contributed by atoms with Gasteiger partial charge in [-0.25, -0.2) is 9.78 Å². The number of ether oxygens (including phenoxy) is 1. The van der Waals surface area contributed by atoms with Gasteiger partial charge in [-0.15, -0.1) is 11.3 Å². The SMILES string of the molecule is CCOC(=O)c1csc(NCC2CCN(C)CC2)n1. The van der Waals surface area contributed by atoms with Crippen molar-refractivity contribution in [2.45, 2.75) is 19.8 Å². The molecule has 0 bridgehead atoms. The van der Waals surface area contributed by atoms with Gasteiger partial charge in [0.1, 0.15) is 0 Å². The molecule has 0 aromatic carbocycles. The lowest BCUT2D eigenvalue weighted by Crippen LogP contribution is -2.32. The molecular weight excluding hydrogens is 262 g/mol. The first-order valence-corrected chi connectivity index (χ1v) is 7.62. The number of esters is 1. The lowest BCUT2D eigenvalue weighted by molar-refractivity contribution is 0.0520. The Balaban J connectivity index is 1.78. The minimum atomic E-state index is -0.342. The van der Waals surface area contributed by atoms with Crippen LogP contribution < -0.4 is 5.32 Å². The molecule has 0 unspecified atom stereocenters. The predicted octanol–water partition coefficient (Wildman–Crippen LogP) is 2.07. The second-order valence-corrected chi connectivity index (χ2v) is 5.74. The standard InChI is InChI=1S/C13H21N3O2S/c1-3-18-12(17)11-9-19-13(15-11)14-8-10-4-6-16(2)7-5-10/h9-10H,3-8H2,1-2H3,(H,14,15). The van der Waals surface area contributed by atoms with Gasteiger partial charge in [0, 0.05) is 11.9 Å². The van der Waals surface area contributed by atoms with E-state index < -0.39 is 0 Å². The van der Waals surface area contributed by atoms with Crippen LogP contribution in [0.1, 0.15) is 30.3 Å². The fraction of sp³-hybridized carbons (Fsp3) is 0.692. The number of carbonyl (C=O) groups is 1. The highest BCUT2D eigenvalue weighted by Gasteiger charge is 2.17. The number of piperidine rings is 1. The molecule has 1 fully saturated rings. The number of anilines is 1. The number of hydrogen-bond donors (Lipinski definition) is 1. The van der Waals surface area contributed by atoms with Crippen LogP contribution in [0.4, 0.5) is 5.13 Å². The maximum Gasteiger partial charge on any atom is 0.357 e. The van der Waals surface area contributed by atoms with Crippen LogP contribution in [0.3, 0.4) is 0 Å². The number of aromatic nitrogens is 1. The van der Waals surface area contributed by atoms with E-state index >= 15 is 0 Å². The first-order chi connectivity index (χ1) is 9.19. The molecule has 6 heteroatoms. The Kier molecular flexibility index (Phi) is 5.15. The number of hydrogen-bond acceptors (Lipinski definition) is 6. The molecule has 19 heavy (non-hydrogen) atoms. The van der Waals surface area contributed by atoms with E-state index in [0.29, 0.717) is 18.2 Å².